The minimum Gasteiger partial charge on any atom is -0.379 e. The second kappa shape index (κ2) is 4.96. The molecule has 0 amide bonds. The molecule has 1 aromatic heterocycles. The molecule has 7 nitrogen and oxygen atoms in total. The van der Waals surface area contributed by atoms with Crippen molar-refractivity contribution in [2.24, 2.45) is 0 Å². The number of benzene rings is 1. The van der Waals surface area contributed by atoms with Gasteiger partial charge in [0.25, 0.3) is 5.69 Å². The van der Waals surface area contributed by atoms with Crippen LogP contribution in [0.5, 0.6) is 0 Å². The normalized spacial score (nSPS) is 20.5. The van der Waals surface area contributed by atoms with Gasteiger partial charge in [0.15, 0.2) is 9.84 Å². The van der Waals surface area contributed by atoms with Crippen LogP contribution in [0.1, 0.15) is 6.42 Å². The zero-order valence-electron chi connectivity index (χ0n) is 11.0. The number of anilines is 1. The molecule has 0 radical (unpaired) electrons. The minimum absolute atomic E-state index is 0.0114. The summed E-state index contributed by atoms with van der Waals surface area (Å²) in [6, 6.07) is 6.09. The maximum Gasteiger partial charge on any atom is 0.278 e. The molecule has 0 saturated carbocycles. The highest BCUT2D eigenvalue weighted by molar-refractivity contribution is 7.91. The Morgan fingerprint density at radius 3 is 2.81 bits per heavy atom. The van der Waals surface area contributed by atoms with E-state index in [9.17, 15) is 18.5 Å². The van der Waals surface area contributed by atoms with Crippen LogP contribution >= 0.6 is 0 Å². The van der Waals surface area contributed by atoms with Crippen molar-refractivity contribution >= 4 is 32.1 Å². The lowest BCUT2D eigenvalue weighted by Gasteiger charge is -2.14. The zero-order chi connectivity index (χ0) is 15.0. The van der Waals surface area contributed by atoms with Gasteiger partial charge in [-0.15, -0.1) is 0 Å². The maximum absolute atomic E-state index is 11.5. The quantitative estimate of drug-likeness (QED) is 0.684. The monoisotopic (exact) mass is 307 g/mol. The van der Waals surface area contributed by atoms with Crippen LogP contribution in [0.2, 0.25) is 0 Å². The molecule has 2 aromatic rings. The predicted octanol–water partition coefficient (Wildman–Crippen LogP) is 1.74. The molecule has 2 heterocycles. The predicted molar refractivity (Wildman–Crippen MR) is 79.1 cm³/mol. The number of nitro benzene ring substituents is 1. The second-order valence-corrected chi connectivity index (χ2v) is 7.26. The smallest absolute Gasteiger partial charge is 0.278 e. The van der Waals surface area contributed by atoms with Crippen molar-refractivity contribution in [1.82, 2.24) is 4.98 Å². The first-order valence-corrected chi connectivity index (χ1v) is 8.27. The summed E-state index contributed by atoms with van der Waals surface area (Å²) in [6.45, 7) is 0. The Hall–Kier alpha value is -2.22. The second-order valence-electron chi connectivity index (χ2n) is 5.03. The summed E-state index contributed by atoms with van der Waals surface area (Å²) < 4.78 is 23.0. The summed E-state index contributed by atoms with van der Waals surface area (Å²) in [7, 11) is -2.98. The molecule has 1 aliphatic heterocycles. The molecule has 1 aromatic carbocycles. The SMILES string of the molecule is O=[N+]([O-])c1ccc(N[C@@H]2CCS(=O)(=O)C2)c2ncccc12. The zero-order valence-corrected chi connectivity index (χ0v) is 11.8. The van der Waals surface area contributed by atoms with Crippen LogP contribution in [-0.2, 0) is 9.84 Å². The lowest BCUT2D eigenvalue weighted by Crippen LogP contribution is -2.20. The summed E-state index contributed by atoms with van der Waals surface area (Å²) in [6.07, 6.45) is 2.09. The molecule has 1 atom stereocenters. The van der Waals surface area contributed by atoms with Gasteiger partial charge in [0.1, 0.15) is 5.52 Å². The van der Waals surface area contributed by atoms with Crippen molar-refractivity contribution < 1.29 is 13.3 Å². The molecule has 1 N–H and O–H groups in total. The first-order chi connectivity index (χ1) is 9.96. The van der Waals surface area contributed by atoms with E-state index in [0.29, 0.717) is 23.0 Å². The Morgan fingerprint density at radius 2 is 2.14 bits per heavy atom. The Morgan fingerprint density at radius 1 is 1.33 bits per heavy atom. The van der Waals surface area contributed by atoms with Crippen molar-refractivity contribution in [1.29, 1.82) is 0 Å². The summed E-state index contributed by atoms with van der Waals surface area (Å²) in [4.78, 5) is 14.8. The van der Waals surface area contributed by atoms with Crippen LogP contribution < -0.4 is 5.32 Å². The number of nitrogens with zero attached hydrogens (tertiary/aromatic N) is 2. The molecular formula is C13H13N3O4S. The molecule has 0 spiro atoms. The fourth-order valence-electron chi connectivity index (χ4n) is 2.56. The van der Waals surface area contributed by atoms with Gasteiger partial charge in [-0.3, -0.25) is 15.1 Å². The number of fused-ring (bicyclic) bond motifs is 1. The number of aromatic nitrogens is 1. The van der Waals surface area contributed by atoms with E-state index < -0.39 is 14.8 Å². The van der Waals surface area contributed by atoms with Crippen LogP contribution in [-0.4, -0.2) is 35.9 Å². The number of nitrogens with one attached hydrogen (secondary N) is 1. The third-order valence-corrected chi connectivity index (χ3v) is 5.30. The van der Waals surface area contributed by atoms with E-state index in [0.717, 1.165) is 0 Å². The average Bonchev–Trinajstić information content (AvgIpc) is 2.78. The van der Waals surface area contributed by atoms with Crippen LogP contribution in [0.4, 0.5) is 11.4 Å². The van der Waals surface area contributed by atoms with E-state index in [1.165, 1.54) is 6.07 Å². The van der Waals surface area contributed by atoms with Gasteiger partial charge < -0.3 is 5.32 Å². The number of pyridine rings is 1. The first kappa shape index (κ1) is 13.7. The molecule has 0 aliphatic carbocycles. The number of nitro groups is 1. The first-order valence-electron chi connectivity index (χ1n) is 6.45. The van der Waals surface area contributed by atoms with Crippen molar-refractivity contribution in [2.75, 3.05) is 16.8 Å². The van der Waals surface area contributed by atoms with Crippen molar-refractivity contribution in [3.8, 4) is 0 Å². The van der Waals surface area contributed by atoms with Crippen molar-refractivity contribution in [2.45, 2.75) is 12.5 Å². The van der Waals surface area contributed by atoms with Gasteiger partial charge in [-0.2, -0.15) is 0 Å². The van der Waals surface area contributed by atoms with E-state index in [1.807, 2.05) is 0 Å². The van der Waals surface area contributed by atoms with Gasteiger partial charge >= 0.3 is 0 Å². The number of sulfone groups is 1. The molecule has 1 aliphatic rings. The summed E-state index contributed by atoms with van der Waals surface area (Å²) in [5.74, 6) is 0.251. The molecule has 1 saturated heterocycles. The molecule has 0 unspecified atom stereocenters. The lowest BCUT2D eigenvalue weighted by atomic mass is 10.1. The molecule has 110 valence electrons. The molecule has 0 bridgehead atoms. The Kier molecular flexibility index (Phi) is 3.25. The maximum atomic E-state index is 11.5. The van der Waals surface area contributed by atoms with Gasteiger partial charge in [-0.25, -0.2) is 8.42 Å². The number of hydrogen-bond acceptors (Lipinski definition) is 6. The topological polar surface area (TPSA) is 102 Å². The highest BCUT2D eigenvalue weighted by Gasteiger charge is 2.28. The van der Waals surface area contributed by atoms with Crippen molar-refractivity contribution in [3.05, 3.63) is 40.6 Å². The summed E-state index contributed by atoms with van der Waals surface area (Å²) >= 11 is 0. The molecule has 8 heteroatoms. The van der Waals surface area contributed by atoms with Crippen LogP contribution in [0.15, 0.2) is 30.5 Å². The largest absolute Gasteiger partial charge is 0.379 e. The van der Waals surface area contributed by atoms with E-state index in [2.05, 4.69) is 10.3 Å². The number of non-ortho nitro benzene ring substituents is 1. The molecule has 21 heavy (non-hydrogen) atoms. The molecular weight excluding hydrogens is 294 g/mol. The van der Waals surface area contributed by atoms with E-state index in [1.54, 1.807) is 24.4 Å². The summed E-state index contributed by atoms with van der Waals surface area (Å²) in [5, 5.41) is 14.6. The Bertz CT molecular complexity index is 819. The van der Waals surface area contributed by atoms with E-state index in [4.69, 9.17) is 0 Å². The van der Waals surface area contributed by atoms with Gasteiger partial charge in [-0.05, 0) is 24.6 Å². The third-order valence-electron chi connectivity index (χ3n) is 3.54. The van der Waals surface area contributed by atoms with E-state index >= 15 is 0 Å². The third kappa shape index (κ3) is 2.66. The average molecular weight is 307 g/mol. The van der Waals surface area contributed by atoms with E-state index in [-0.39, 0.29) is 23.2 Å². The van der Waals surface area contributed by atoms with Gasteiger partial charge in [0, 0.05) is 18.3 Å². The molecule has 3 rings (SSSR count). The number of rotatable bonds is 3. The Labute approximate surface area is 121 Å². The highest BCUT2D eigenvalue weighted by Crippen LogP contribution is 2.31. The van der Waals surface area contributed by atoms with Crippen molar-refractivity contribution in [3.63, 3.8) is 0 Å². The standard InChI is InChI=1S/C13H13N3O4S/c17-16(18)12-4-3-11(13-10(12)2-1-6-14-13)15-9-5-7-21(19,20)8-9/h1-4,6,9,15H,5,7-8H2/t9-/m1/s1. The molecule has 1 fully saturated rings. The van der Waals surface area contributed by atoms with Gasteiger partial charge in [-0.1, -0.05) is 0 Å². The summed E-state index contributed by atoms with van der Waals surface area (Å²) in [5.41, 5.74) is 1.09. The number of hydrogen-bond donors (Lipinski definition) is 1. The minimum atomic E-state index is -2.98. The van der Waals surface area contributed by atoms with Gasteiger partial charge in [0.2, 0.25) is 0 Å². The van der Waals surface area contributed by atoms with Crippen LogP contribution in [0.3, 0.4) is 0 Å². The lowest BCUT2D eigenvalue weighted by molar-refractivity contribution is -0.383. The van der Waals surface area contributed by atoms with Crippen LogP contribution in [0.25, 0.3) is 10.9 Å². The fraction of sp³-hybridized carbons (Fsp3) is 0.308. The highest BCUT2D eigenvalue weighted by atomic mass is 32.2. The Balaban J connectivity index is 2.01. The van der Waals surface area contributed by atoms with Crippen LogP contribution in [0, 0.1) is 10.1 Å². The fourth-order valence-corrected chi connectivity index (χ4v) is 4.24. The van der Waals surface area contributed by atoms with Gasteiger partial charge in [0.05, 0.1) is 27.5 Å².